The summed E-state index contributed by atoms with van der Waals surface area (Å²) in [4.78, 5) is 44.2. The van der Waals surface area contributed by atoms with E-state index in [1.165, 1.54) is 12.5 Å². The lowest BCUT2D eigenvalue weighted by Gasteiger charge is -2.29. The van der Waals surface area contributed by atoms with Crippen molar-refractivity contribution in [1.82, 2.24) is 20.2 Å². The van der Waals surface area contributed by atoms with Crippen molar-refractivity contribution < 1.29 is 14.4 Å². The smallest absolute Gasteiger partial charge is 0.277 e. The zero-order valence-electron chi connectivity index (χ0n) is 9.42. The van der Waals surface area contributed by atoms with E-state index in [0.717, 1.165) is 4.90 Å². The zero-order valence-corrected chi connectivity index (χ0v) is 9.42. The molecule has 1 aliphatic heterocycles. The van der Waals surface area contributed by atoms with Crippen molar-refractivity contribution >= 4 is 17.8 Å². The molecular formula is C11H10N4O3. The molecule has 18 heavy (non-hydrogen) atoms. The minimum absolute atomic E-state index is 0.0578. The van der Waals surface area contributed by atoms with Gasteiger partial charge in [-0.15, -0.1) is 0 Å². The molecule has 7 heteroatoms. The molecule has 1 aliphatic carbocycles. The van der Waals surface area contributed by atoms with Gasteiger partial charge in [0.05, 0.1) is 12.2 Å². The highest BCUT2D eigenvalue weighted by Crippen LogP contribution is 2.49. The third kappa shape index (κ3) is 1.47. The number of hydrogen-bond donors (Lipinski definition) is 1. The number of rotatable bonds is 2. The average molecular weight is 246 g/mol. The summed E-state index contributed by atoms with van der Waals surface area (Å²) in [5.74, 6) is -0.897. The van der Waals surface area contributed by atoms with E-state index < -0.39 is 23.3 Å². The molecule has 1 aromatic rings. The van der Waals surface area contributed by atoms with Crippen LogP contribution in [0.1, 0.15) is 18.5 Å². The van der Waals surface area contributed by atoms with Crippen LogP contribution in [0.5, 0.6) is 0 Å². The van der Waals surface area contributed by atoms with Gasteiger partial charge in [-0.3, -0.25) is 19.8 Å². The molecule has 4 amide bonds. The van der Waals surface area contributed by atoms with Crippen molar-refractivity contribution in [2.75, 3.05) is 0 Å². The highest BCUT2D eigenvalue weighted by Gasteiger charge is 2.62. The Hall–Kier alpha value is -2.31. The van der Waals surface area contributed by atoms with E-state index in [-0.39, 0.29) is 6.54 Å². The molecular weight excluding hydrogens is 236 g/mol. The quantitative estimate of drug-likeness (QED) is 0.732. The number of imide groups is 2. The minimum Gasteiger partial charge on any atom is -0.277 e. The lowest BCUT2D eigenvalue weighted by Crippen LogP contribution is -2.58. The first-order valence-corrected chi connectivity index (χ1v) is 5.56. The van der Waals surface area contributed by atoms with Crippen LogP contribution in [-0.2, 0) is 16.1 Å². The van der Waals surface area contributed by atoms with Crippen molar-refractivity contribution in [3.63, 3.8) is 0 Å². The number of amides is 4. The first-order chi connectivity index (χ1) is 8.63. The van der Waals surface area contributed by atoms with Crippen molar-refractivity contribution in [2.45, 2.75) is 19.4 Å². The van der Waals surface area contributed by atoms with Crippen LogP contribution in [0.25, 0.3) is 0 Å². The second-order valence-corrected chi connectivity index (χ2v) is 4.43. The van der Waals surface area contributed by atoms with Crippen molar-refractivity contribution in [3.8, 4) is 0 Å². The Bertz CT molecular complexity index is 538. The first-order valence-electron chi connectivity index (χ1n) is 5.56. The first kappa shape index (κ1) is 10.8. The maximum atomic E-state index is 12.1. The molecule has 1 saturated heterocycles. The minimum atomic E-state index is -0.999. The SMILES string of the molecule is O=C1NC(=O)C2(CC2)C(=O)N1Cc1ccncn1. The number of hydrogen-bond acceptors (Lipinski definition) is 5. The van der Waals surface area contributed by atoms with Gasteiger partial charge in [0.15, 0.2) is 0 Å². The van der Waals surface area contributed by atoms with Crippen molar-refractivity contribution in [3.05, 3.63) is 24.3 Å². The van der Waals surface area contributed by atoms with E-state index in [0.29, 0.717) is 18.5 Å². The maximum absolute atomic E-state index is 12.1. The molecule has 92 valence electrons. The molecule has 0 aromatic carbocycles. The summed E-state index contributed by atoms with van der Waals surface area (Å²) in [7, 11) is 0. The molecule has 3 rings (SSSR count). The molecule has 7 nitrogen and oxygen atoms in total. The van der Waals surface area contributed by atoms with Crippen LogP contribution in [0.2, 0.25) is 0 Å². The summed E-state index contributed by atoms with van der Waals surface area (Å²) >= 11 is 0. The highest BCUT2D eigenvalue weighted by atomic mass is 16.2. The van der Waals surface area contributed by atoms with Crippen LogP contribution in [0, 0.1) is 5.41 Å². The Morgan fingerprint density at radius 1 is 1.33 bits per heavy atom. The van der Waals surface area contributed by atoms with Gasteiger partial charge in [0.1, 0.15) is 11.7 Å². The second-order valence-electron chi connectivity index (χ2n) is 4.43. The summed E-state index contributed by atoms with van der Waals surface area (Å²) in [5, 5.41) is 2.22. The summed E-state index contributed by atoms with van der Waals surface area (Å²) < 4.78 is 0. The number of nitrogens with zero attached hydrogens (tertiary/aromatic N) is 3. The fourth-order valence-corrected chi connectivity index (χ4v) is 2.02. The summed E-state index contributed by atoms with van der Waals surface area (Å²) in [6, 6.07) is 0.942. The van der Waals surface area contributed by atoms with E-state index in [4.69, 9.17) is 0 Å². The summed E-state index contributed by atoms with van der Waals surface area (Å²) in [6.45, 7) is 0.0578. The van der Waals surface area contributed by atoms with E-state index in [9.17, 15) is 14.4 Å². The molecule has 2 fully saturated rings. The van der Waals surface area contributed by atoms with Gasteiger partial charge in [0.25, 0.3) is 0 Å². The molecule has 0 radical (unpaired) electrons. The van der Waals surface area contributed by atoms with Gasteiger partial charge in [0.2, 0.25) is 11.8 Å². The third-order valence-corrected chi connectivity index (χ3v) is 3.27. The molecule has 2 aliphatic rings. The van der Waals surface area contributed by atoms with Crippen LogP contribution in [0.15, 0.2) is 18.6 Å². The average Bonchev–Trinajstić information content (AvgIpc) is 3.16. The Morgan fingerprint density at radius 3 is 2.72 bits per heavy atom. The third-order valence-electron chi connectivity index (χ3n) is 3.27. The topological polar surface area (TPSA) is 92.3 Å². The molecule has 1 N–H and O–H groups in total. The van der Waals surface area contributed by atoms with Crippen molar-refractivity contribution in [1.29, 1.82) is 0 Å². The van der Waals surface area contributed by atoms with E-state index in [2.05, 4.69) is 15.3 Å². The van der Waals surface area contributed by atoms with E-state index in [1.807, 2.05) is 0 Å². The van der Waals surface area contributed by atoms with Gasteiger partial charge in [0, 0.05) is 6.20 Å². The Balaban J connectivity index is 1.85. The van der Waals surface area contributed by atoms with Gasteiger partial charge >= 0.3 is 6.03 Å². The van der Waals surface area contributed by atoms with Gasteiger partial charge in [-0.05, 0) is 18.9 Å². The van der Waals surface area contributed by atoms with Gasteiger partial charge in [-0.2, -0.15) is 0 Å². The van der Waals surface area contributed by atoms with Gasteiger partial charge in [-0.1, -0.05) is 0 Å². The van der Waals surface area contributed by atoms with Crippen LogP contribution in [0.4, 0.5) is 4.79 Å². The number of aromatic nitrogens is 2. The Kier molecular flexibility index (Phi) is 2.16. The van der Waals surface area contributed by atoms with Crippen LogP contribution in [-0.4, -0.2) is 32.7 Å². The predicted octanol–water partition coefficient (Wildman–Crippen LogP) is -0.165. The Labute approximate surface area is 102 Å². The van der Waals surface area contributed by atoms with Gasteiger partial charge in [-0.25, -0.2) is 14.8 Å². The number of carbonyl (C=O) groups excluding carboxylic acids is 3. The Morgan fingerprint density at radius 2 is 2.11 bits per heavy atom. The molecule has 1 spiro atoms. The predicted molar refractivity (Wildman–Crippen MR) is 57.8 cm³/mol. The summed E-state index contributed by atoms with van der Waals surface area (Å²) in [6.07, 6.45) is 3.89. The van der Waals surface area contributed by atoms with Crippen LogP contribution < -0.4 is 5.32 Å². The summed E-state index contributed by atoms with van der Waals surface area (Å²) in [5.41, 5.74) is -0.445. The normalized spacial score (nSPS) is 21.1. The molecule has 1 saturated carbocycles. The molecule has 2 heterocycles. The number of carbonyl (C=O) groups is 3. The van der Waals surface area contributed by atoms with Crippen LogP contribution in [0.3, 0.4) is 0 Å². The molecule has 0 atom stereocenters. The lowest BCUT2D eigenvalue weighted by atomic mass is 10.0. The number of nitrogens with one attached hydrogen (secondary N) is 1. The maximum Gasteiger partial charge on any atom is 0.331 e. The fraction of sp³-hybridized carbons (Fsp3) is 0.364. The van der Waals surface area contributed by atoms with Crippen molar-refractivity contribution in [2.24, 2.45) is 5.41 Å². The molecule has 0 bridgehead atoms. The highest BCUT2D eigenvalue weighted by molar-refractivity contribution is 6.20. The fourth-order valence-electron chi connectivity index (χ4n) is 2.02. The monoisotopic (exact) mass is 246 g/mol. The van der Waals surface area contributed by atoms with E-state index >= 15 is 0 Å². The molecule has 0 unspecified atom stereocenters. The lowest BCUT2D eigenvalue weighted by molar-refractivity contribution is -0.145. The zero-order chi connectivity index (χ0) is 12.8. The number of barbiturate groups is 1. The molecule has 1 aromatic heterocycles. The van der Waals surface area contributed by atoms with Crippen LogP contribution >= 0.6 is 0 Å². The largest absolute Gasteiger partial charge is 0.331 e. The second kappa shape index (κ2) is 3.59. The van der Waals surface area contributed by atoms with Gasteiger partial charge < -0.3 is 0 Å². The number of urea groups is 1. The van der Waals surface area contributed by atoms with E-state index in [1.54, 1.807) is 6.07 Å². The standard InChI is InChI=1S/C11H10N4O3/c16-8-11(2-3-11)9(17)15(10(18)14-8)5-7-1-4-12-6-13-7/h1,4,6H,2-3,5H2,(H,14,16,18).